The van der Waals surface area contributed by atoms with Crippen molar-refractivity contribution in [1.29, 1.82) is 0 Å². The predicted molar refractivity (Wildman–Crippen MR) is 152 cm³/mol. The van der Waals surface area contributed by atoms with Crippen LogP contribution in [0.4, 0.5) is 9.59 Å². The Balaban J connectivity index is 1.39. The van der Waals surface area contributed by atoms with Crippen LogP contribution >= 0.6 is 11.8 Å². The zero-order valence-corrected chi connectivity index (χ0v) is 25.9. The second kappa shape index (κ2) is 14.1. The maximum absolute atomic E-state index is 13.2. The van der Waals surface area contributed by atoms with E-state index in [1.54, 1.807) is 30.3 Å². The number of aliphatic hydroxyl groups excluding tert-OH is 5. The van der Waals surface area contributed by atoms with E-state index in [0.717, 1.165) is 26.0 Å². The molecule has 0 radical (unpaired) electrons. The summed E-state index contributed by atoms with van der Waals surface area (Å²) in [4.78, 5) is 49.3. The monoisotopic (exact) mass is 688 g/mol. The van der Waals surface area contributed by atoms with E-state index in [1.807, 2.05) is 0 Å². The highest BCUT2D eigenvalue weighted by atomic mass is 32.2. The van der Waals surface area contributed by atoms with E-state index < -0.39 is 115 Å². The number of hydrogen-bond acceptors (Lipinski definition) is 17. The Morgan fingerprint density at radius 3 is 2.00 bits per heavy atom. The van der Waals surface area contributed by atoms with Crippen molar-refractivity contribution < 1.29 is 77.9 Å². The van der Waals surface area contributed by atoms with Crippen molar-refractivity contribution in [3.05, 3.63) is 30.3 Å². The van der Waals surface area contributed by atoms with Gasteiger partial charge in [-0.3, -0.25) is 0 Å². The molecule has 1 aromatic carbocycles. The summed E-state index contributed by atoms with van der Waals surface area (Å²) in [6, 6.07) is 6.52. The van der Waals surface area contributed by atoms with Crippen molar-refractivity contribution in [1.82, 2.24) is 10.6 Å². The Morgan fingerprint density at radius 1 is 0.872 bits per heavy atom. The number of aliphatic hydroxyl groups is 5. The number of nitrogens with one attached hydrogen (secondary N) is 2. The van der Waals surface area contributed by atoms with E-state index in [9.17, 15) is 44.7 Å². The zero-order valence-electron chi connectivity index (χ0n) is 25.1. The number of hydrogen-bond donors (Lipinski definition) is 7. The summed E-state index contributed by atoms with van der Waals surface area (Å²) in [6.45, 7) is -1.77. The number of amides is 2. The van der Waals surface area contributed by atoms with Crippen molar-refractivity contribution in [3.8, 4) is 0 Å². The molecule has 0 aliphatic carbocycles. The van der Waals surface area contributed by atoms with Gasteiger partial charge in [-0.25, -0.2) is 19.2 Å². The van der Waals surface area contributed by atoms with Gasteiger partial charge in [0.15, 0.2) is 0 Å². The van der Waals surface area contributed by atoms with Gasteiger partial charge in [0.25, 0.3) is 5.79 Å². The van der Waals surface area contributed by atoms with Gasteiger partial charge in [0.05, 0.1) is 45.9 Å². The second-order valence-corrected chi connectivity index (χ2v) is 12.6. The van der Waals surface area contributed by atoms with Crippen LogP contribution in [0.5, 0.6) is 0 Å². The Kier molecular flexibility index (Phi) is 10.5. The molecule has 4 aliphatic rings. The Bertz CT molecular complexity index is 1320. The van der Waals surface area contributed by atoms with Gasteiger partial charge >= 0.3 is 24.1 Å². The summed E-state index contributed by atoms with van der Waals surface area (Å²) in [6.07, 6.45) is -15.1. The van der Waals surface area contributed by atoms with E-state index in [1.165, 1.54) is 0 Å². The standard InChI is InChI=1S/C28H36N2O16S/c1-40-23(36)27(8-15-17(29-25(38)43-15)21(45-27)19(34)13(32)10-31)42-11-14(33)20(35)22-18-16(44-26(39)30-18)9-28(46-22,24(37)41-2)47-12-6-4-3-5-7-12/h3-7,13-22,31-35H,8-11H2,1-2H3,(H,29,38)(H,30,39)/t13-,14-,15?,16?,17-,18-,19-,20-,21?,22?,27-,28+/m1/s1. The van der Waals surface area contributed by atoms with Crippen LogP contribution in [0, 0.1) is 0 Å². The number of thioether (sulfide) groups is 1. The van der Waals surface area contributed by atoms with Crippen LogP contribution in [0.3, 0.4) is 0 Å². The Morgan fingerprint density at radius 2 is 1.43 bits per heavy atom. The topological polar surface area (TPSA) is 258 Å². The maximum Gasteiger partial charge on any atom is 0.407 e. The predicted octanol–water partition coefficient (Wildman–Crippen LogP) is -2.50. The average molecular weight is 689 g/mol. The molecular weight excluding hydrogens is 652 g/mol. The number of esters is 2. The number of rotatable bonds is 12. The highest BCUT2D eigenvalue weighted by molar-refractivity contribution is 8.01. The van der Waals surface area contributed by atoms with Gasteiger partial charge in [0.2, 0.25) is 4.93 Å². The first kappa shape index (κ1) is 35.0. The van der Waals surface area contributed by atoms with Gasteiger partial charge in [-0.1, -0.05) is 30.0 Å². The van der Waals surface area contributed by atoms with Crippen LogP contribution in [-0.4, -0.2) is 149 Å². The second-order valence-electron chi connectivity index (χ2n) is 11.3. The lowest BCUT2D eigenvalue weighted by Crippen LogP contribution is -2.66. The van der Waals surface area contributed by atoms with Crippen molar-refractivity contribution in [2.45, 2.75) is 89.4 Å². The van der Waals surface area contributed by atoms with Crippen LogP contribution in [0.15, 0.2) is 35.2 Å². The highest BCUT2D eigenvalue weighted by Gasteiger charge is 2.62. The zero-order chi connectivity index (χ0) is 34.1. The number of carbonyl (C=O) groups excluding carboxylic acids is 4. The van der Waals surface area contributed by atoms with Crippen LogP contribution in [0.1, 0.15) is 12.8 Å². The molecule has 4 heterocycles. The summed E-state index contributed by atoms with van der Waals surface area (Å²) in [5.74, 6) is -4.48. The average Bonchev–Trinajstić information content (AvgIpc) is 3.64. The third-order valence-corrected chi connectivity index (χ3v) is 9.61. The molecule has 0 saturated carbocycles. The molecule has 4 fully saturated rings. The minimum atomic E-state index is -2.46. The first-order valence-corrected chi connectivity index (χ1v) is 15.4. The first-order valence-electron chi connectivity index (χ1n) is 14.5. The van der Waals surface area contributed by atoms with Gasteiger partial charge in [-0.05, 0) is 12.1 Å². The van der Waals surface area contributed by atoms with Gasteiger partial charge in [0.1, 0.15) is 48.8 Å². The van der Waals surface area contributed by atoms with Gasteiger partial charge in [0, 0.05) is 11.3 Å². The van der Waals surface area contributed by atoms with Crippen LogP contribution < -0.4 is 10.6 Å². The third-order valence-electron chi connectivity index (χ3n) is 8.34. The van der Waals surface area contributed by atoms with Gasteiger partial charge < -0.3 is 69.3 Å². The number of alkyl carbamates (subject to hydrolysis) is 2. The smallest absolute Gasteiger partial charge is 0.407 e. The molecule has 2 amide bonds. The lowest BCUT2D eigenvalue weighted by atomic mass is 9.89. The van der Waals surface area contributed by atoms with Crippen molar-refractivity contribution in [2.24, 2.45) is 0 Å². The Labute approximate surface area is 271 Å². The summed E-state index contributed by atoms with van der Waals surface area (Å²) in [7, 11) is 2.14. The fraction of sp³-hybridized carbons (Fsp3) is 0.643. The number of benzene rings is 1. The molecule has 1 aromatic rings. The summed E-state index contributed by atoms with van der Waals surface area (Å²) in [5.41, 5.74) is 0. The molecule has 260 valence electrons. The molecule has 5 rings (SSSR count). The lowest BCUT2D eigenvalue weighted by Gasteiger charge is -2.46. The molecular formula is C28H36N2O16S. The van der Waals surface area contributed by atoms with Crippen molar-refractivity contribution in [3.63, 3.8) is 0 Å². The molecule has 18 nitrogen and oxygen atoms in total. The van der Waals surface area contributed by atoms with E-state index in [0.29, 0.717) is 4.90 Å². The maximum atomic E-state index is 13.2. The normalized spacial score (nSPS) is 35.5. The summed E-state index contributed by atoms with van der Waals surface area (Å²) in [5, 5.41) is 57.7. The molecule has 47 heavy (non-hydrogen) atoms. The molecule has 0 aromatic heterocycles. The summed E-state index contributed by atoms with van der Waals surface area (Å²) < 4.78 is 38.2. The Hall–Kier alpha value is -3.27. The summed E-state index contributed by atoms with van der Waals surface area (Å²) >= 11 is 0.956. The molecule has 0 bridgehead atoms. The molecule has 19 heteroatoms. The lowest BCUT2D eigenvalue weighted by molar-refractivity contribution is -0.314. The number of fused-ring (bicyclic) bond motifs is 2. The van der Waals surface area contributed by atoms with E-state index >= 15 is 0 Å². The first-order chi connectivity index (χ1) is 22.4. The van der Waals surface area contributed by atoms with E-state index in [-0.39, 0.29) is 6.42 Å². The molecule has 4 saturated heterocycles. The third kappa shape index (κ3) is 6.85. The fourth-order valence-electron chi connectivity index (χ4n) is 6.03. The molecule has 4 aliphatic heterocycles. The van der Waals surface area contributed by atoms with Crippen molar-refractivity contribution in [2.75, 3.05) is 27.4 Å². The fourth-order valence-corrected chi connectivity index (χ4v) is 7.27. The number of carbonyl (C=O) groups is 4. The van der Waals surface area contributed by atoms with Gasteiger partial charge in [-0.2, -0.15) is 0 Å². The van der Waals surface area contributed by atoms with Gasteiger partial charge in [-0.15, -0.1) is 0 Å². The van der Waals surface area contributed by atoms with Crippen LogP contribution in [-0.2, 0) is 42.7 Å². The quantitative estimate of drug-likeness (QED) is 0.0884. The minimum absolute atomic E-state index is 0.170. The SMILES string of the molecule is COC(=O)[C@@]1(OC[C@@H](O)[C@@H](O)C2O[C@@](Sc3ccccc3)(C(=O)OC)CC3OC(=O)N[C@H]32)CC2OC(=O)N[C@H]2C([C@H](O)[C@H](O)CO)O1. The van der Waals surface area contributed by atoms with E-state index in [4.69, 9.17) is 33.2 Å². The van der Waals surface area contributed by atoms with Crippen LogP contribution in [0.2, 0.25) is 0 Å². The molecule has 0 spiro atoms. The van der Waals surface area contributed by atoms with Crippen molar-refractivity contribution >= 4 is 35.9 Å². The number of methoxy groups -OCH3 is 2. The van der Waals surface area contributed by atoms with Crippen LogP contribution in [0.25, 0.3) is 0 Å². The minimum Gasteiger partial charge on any atom is -0.466 e. The number of ether oxygens (including phenoxy) is 7. The molecule has 4 unspecified atom stereocenters. The highest BCUT2D eigenvalue weighted by Crippen LogP contribution is 2.46. The largest absolute Gasteiger partial charge is 0.466 e. The molecule has 7 N–H and O–H groups in total. The molecule has 12 atom stereocenters. The van der Waals surface area contributed by atoms with E-state index in [2.05, 4.69) is 10.6 Å².